The quantitative estimate of drug-likeness (QED) is 0.474. The van der Waals surface area contributed by atoms with Gasteiger partial charge in [-0.2, -0.15) is 13.2 Å². The van der Waals surface area contributed by atoms with Crippen LogP contribution < -0.4 is 10.2 Å². The van der Waals surface area contributed by atoms with E-state index >= 15 is 0 Å². The van der Waals surface area contributed by atoms with Crippen LogP contribution in [0, 0.1) is 5.92 Å². The number of hydrogen-bond donors (Lipinski definition) is 1. The summed E-state index contributed by atoms with van der Waals surface area (Å²) in [6.07, 6.45) is -2.69. The number of nitrogens with one attached hydrogen (secondary N) is 1. The SMILES string of the molecule is O=C(NCc1ccc(N2CCC(c3cc(Cl)cc(Cl)c3)(C(F)(F)F)C2)cc1Br)C1CC1. The molecule has 1 aliphatic heterocycles. The van der Waals surface area contributed by atoms with E-state index in [1.807, 2.05) is 6.07 Å². The van der Waals surface area contributed by atoms with Crippen molar-refractivity contribution in [3.63, 3.8) is 0 Å². The zero-order valence-electron chi connectivity index (χ0n) is 16.4. The molecule has 1 heterocycles. The molecule has 0 bridgehead atoms. The van der Waals surface area contributed by atoms with Crippen LogP contribution in [0.25, 0.3) is 0 Å². The summed E-state index contributed by atoms with van der Waals surface area (Å²) in [5.41, 5.74) is -0.409. The molecule has 2 aliphatic rings. The maximum absolute atomic E-state index is 14.3. The van der Waals surface area contributed by atoms with Crippen LogP contribution in [0.1, 0.15) is 30.4 Å². The number of alkyl halides is 3. The molecule has 0 spiro atoms. The summed E-state index contributed by atoms with van der Waals surface area (Å²) in [4.78, 5) is 13.6. The highest BCUT2D eigenvalue weighted by atomic mass is 79.9. The largest absolute Gasteiger partial charge is 0.400 e. The first-order valence-corrected chi connectivity index (χ1v) is 11.5. The predicted octanol–water partition coefficient (Wildman–Crippen LogP) is 6.49. The van der Waals surface area contributed by atoms with Gasteiger partial charge in [0, 0.05) is 45.8 Å². The highest BCUT2D eigenvalue weighted by molar-refractivity contribution is 9.10. The number of nitrogens with zero attached hydrogens (tertiary/aromatic N) is 1. The molecule has 0 aromatic heterocycles. The minimum atomic E-state index is -4.46. The zero-order valence-corrected chi connectivity index (χ0v) is 19.5. The molecule has 1 unspecified atom stereocenters. The third-order valence-corrected chi connectivity index (χ3v) is 7.20. The Balaban J connectivity index is 1.55. The molecule has 2 aromatic rings. The number of rotatable bonds is 5. The molecular weight excluding hydrogens is 516 g/mol. The van der Waals surface area contributed by atoms with Crippen molar-refractivity contribution in [1.82, 2.24) is 5.32 Å². The van der Waals surface area contributed by atoms with Crippen molar-refractivity contribution in [1.29, 1.82) is 0 Å². The summed E-state index contributed by atoms with van der Waals surface area (Å²) < 4.78 is 43.6. The van der Waals surface area contributed by atoms with Gasteiger partial charge in [0.2, 0.25) is 5.91 Å². The van der Waals surface area contributed by atoms with Gasteiger partial charge < -0.3 is 10.2 Å². The molecule has 1 amide bonds. The summed E-state index contributed by atoms with van der Waals surface area (Å²) in [5.74, 6) is 0.170. The Morgan fingerprint density at radius 2 is 1.84 bits per heavy atom. The molecule has 2 fully saturated rings. The Hall–Kier alpha value is -1.44. The fraction of sp³-hybridized carbons (Fsp3) is 0.409. The predicted molar refractivity (Wildman–Crippen MR) is 120 cm³/mol. The molecule has 31 heavy (non-hydrogen) atoms. The van der Waals surface area contributed by atoms with Crippen molar-refractivity contribution in [2.75, 3.05) is 18.0 Å². The standard InChI is InChI=1S/C22H20BrCl2F3N2O/c23-19-10-18(4-3-14(19)11-29-20(31)13-1-2-13)30-6-5-21(12-30,22(26,27)28)15-7-16(24)9-17(25)8-15/h3-4,7-10,13H,1-2,5-6,11-12H2,(H,29,31). The number of amides is 1. The van der Waals surface area contributed by atoms with Crippen LogP contribution in [-0.2, 0) is 16.8 Å². The molecule has 2 aromatic carbocycles. The highest BCUT2D eigenvalue weighted by Gasteiger charge is 2.59. The second-order valence-electron chi connectivity index (χ2n) is 8.18. The lowest BCUT2D eigenvalue weighted by atomic mass is 9.79. The third-order valence-electron chi connectivity index (χ3n) is 6.03. The van der Waals surface area contributed by atoms with Gasteiger partial charge in [-0.15, -0.1) is 0 Å². The molecule has 0 radical (unpaired) electrons. The van der Waals surface area contributed by atoms with E-state index in [2.05, 4.69) is 21.2 Å². The first-order valence-electron chi connectivity index (χ1n) is 9.93. The molecular formula is C22H20BrCl2F3N2O. The Morgan fingerprint density at radius 3 is 2.42 bits per heavy atom. The van der Waals surface area contributed by atoms with E-state index in [0.717, 1.165) is 22.9 Å². The molecule has 9 heteroatoms. The average molecular weight is 536 g/mol. The van der Waals surface area contributed by atoms with Gasteiger partial charge in [-0.1, -0.05) is 45.2 Å². The van der Waals surface area contributed by atoms with Crippen LogP contribution in [-0.4, -0.2) is 25.2 Å². The minimum absolute atomic E-state index is 0.0469. The fourth-order valence-electron chi connectivity index (χ4n) is 4.04. The van der Waals surface area contributed by atoms with Crippen LogP contribution in [0.4, 0.5) is 18.9 Å². The molecule has 1 aliphatic carbocycles. The molecule has 1 atom stereocenters. The van der Waals surface area contributed by atoms with E-state index < -0.39 is 11.6 Å². The van der Waals surface area contributed by atoms with Gasteiger partial charge in [-0.05, 0) is 60.7 Å². The highest BCUT2D eigenvalue weighted by Crippen LogP contribution is 2.49. The molecule has 1 saturated carbocycles. The van der Waals surface area contributed by atoms with Gasteiger partial charge in [-0.3, -0.25) is 4.79 Å². The second kappa shape index (κ2) is 8.49. The molecule has 1 saturated heterocycles. The van der Waals surface area contributed by atoms with Crippen molar-refractivity contribution in [2.45, 2.75) is 37.4 Å². The Bertz CT molecular complexity index is 992. The van der Waals surface area contributed by atoms with Crippen LogP contribution in [0.2, 0.25) is 10.0 Å². The average Bonchev–Trinajstić information content (AvgIpc) is 3.43. The monoisotopic (exact) mass is 534 g/mol. The summed E-state index contributed by atoms with van der Waals surface area (Å²) in [6.45, 7) is 0.398. The number of anilines is 1. The van der Waals surface area contributed by atoms with Crippen molar-refractivity contribution in [2.24, 2.45) is 5.92 Å². The third kappa shape index (κ3) is 4.69. The molecule has 166 valence electrons. The minimum Gasteiger partial charge on any atom is -0.370 e. The Labute approximate surface area is 197 Å². The Morgan fingerprint density at radius 1 is 1.16 bits per heavy atom. The summed E-state index contributed by atoms with van der Waals surface area (Å²) in [6, 6.07) is 9.56. The number of benzene rings is 2. The normalized spacial score (nSPS) is 21.4. The van der Waals surface area contributed by atoms with E-state index in [9.17, 15) is 18.0 Å². The number of carbonyl (C=O) groups is 1. The first kappa shape index (κ1) is 22.7. The summed E-state index contributed by atoms with van der Waals surface area (Å²) >= 11 is 15.5. The van der Waals surface area contributed by atoms with Gasteiger partial charge in [0.05, 0.1) is 0 Å². The lowest BCUT2D eigenvalue weighted by Gasteiger charge is -2.33. The van der Waals surface area contributed by atoms with Crippen LogP contribution in [0.3, 0.4) is 0 Å². The molecule has 4 rings (SSSR count). The maximum atomic E-state index is 14.3. The van der Waals surface area contributed by atoms with Gasteiger partial charge >= 0.3 is 6.18 Å². The van der Waals surface area contributed by atoms with Gasteiger partial charge in [0.25, 0.3) is 0 Å². The number of hydrogen-bond acceptors (Lipinski definition) is 2. The lowest BCUT2D eigenvalue weighted by molar-refractivity contribution is -0.184. The summed E-state index contributed by atoms with van der Waals surface area (Å²) in [5, 5.41) is 3.27. The van der Waals surface area contributed by atoms with E-state index in [-0.39, 0.29) is 46.9 Å². The van der Waals surface area contributed by atoms with Crippen molar-refractivity contribution in [3.05, 3.63) is 62.0 Å². The van der Waals surface area contributed by atoms with E-state index in [1.54, 1.807) is 17.0 Å². The topological polar surface area (TPSA) is 32.3 Å². The molecule has 1 N–H and O–H groups in total. The lowest BCUT2D eigenvalue weighted by Crippen LogP contribution is -2.44. The number of carbonyl (C=O) groups excluding carboxylic acids is 1. The van der Waals surface area contributed by atoms with Crippen LogP contribution in [0.15, 0.2) is 40.9 Å². The van der Waals surface area contributed by atoms with Crippen molar-refractivity contribution in [3.8, 4) is 0 Å². The van der Waals surface area contributed by atoms with E-state index in [0.29, 0.717) is 12.2 Å². The van der Waals surface area contributed by atoms with E-state index in [4.69, 9.17) is 23.2 Å². The summed E-state index contributed by atoms with van der Waals surface area (Å²) in [7, 11) is 0. The van der Waals surface area contributed by atoms with Gasteiger partial charge in [0.15, 0.2) is 0 Å². The zero-order chi connectivity index (χ0) is 22.4. The number of halogens is 6. The van der Waals surface area contributed by atoms with Crippen LogP contribution in [0.5, 0.6) is 0 Å². The van der Waals surface area contributed by atoms with Crippen molar-refractivity contribution >= 4 is 50.7 Å². The molecule has 3 nitrogen and oxygen atoms in total. The maximum Gasteiger partial charge on any atom is 0.400 e. The Kier molecular flexibility index (Phi) is 6.23. The van der Waals surface area contributed by atoms with Crippen molar-refractivity contribution < 1.29 is 18.0 Å². The van der Waals surface area contributed by atoms with Gasteiger partial charge in [-0.25, -0.2) is 0 Å². The van der Waals surface area contributed by atoms with E-state index in [1.165, 1.54) is 18.2 Å². The smallest absolute Gasteiger partial charge is 0.370 e. The second-order valence-corrected chi connectivity index (χ2v) is 9.90. The van der Waals surface area contributed by atoms with Gasteiger partial charge in [0.1, 0.15) is 5.41 Å². The van der Waals surface area contributed by atoms with Crippen LogP contribution >= 0.6 is 39.1 Å². The fourth-order valence-corrected chi connectivity index (χ4v) is 5.07. The first-order chi connectivity index (χ1) is 14.6.